The van der Waals surface area contributed by atoms with Crippen molar-refractivity contribution < 1.29 is 8.42 Å². The number of nitrogens with two attached hydrogens (primary N) is 1. The minimum atomic E-state index is -3.56. The first-order valence-electron chi connectivity index (χ1n) is 6.94. The Hall–Kier alpha value is -0.920. The van der Waals surface area contributed by atoms with Crippen molar-refractivity contribution in [2.24, 2.45) is 17.6 Å². The van der Waals surface area contributed by atoms with Crippen molar-refractivity contribution in [2.45, 2.75) is 46.1 Å². The van der Waals surface area contributed by atoms with E-state index >= 15 is 0 Å². The minimum Gasteiger partial charge on any atom is -0.325 e. The molecule has 0 spiro atoms. The van der Waals surface area contributed by atoms with Crippen LogP contribution in [-0.4, -0.2) is 36.0 Å². The van der Waals surface area contributed by atoms with Crippen LogP contribution in [0.5, 0.6) is 0 Å². The first kappa shape index (κ1) is 17.1. The molecule has 0 atom stereocenters. The lowest BCUT2D eigenvalue weighted by atomic mass is 10.2. The van der Waals surface area contributed by atoms with Crippen LogP contribution >= 0.6 is 0 Å². The molecule has 0 saturated carbocycles. The molecule has 0 aliphatic rings. The minimum absolute atomic E-state index is 0.107. The molecular weight excluding hydrogens is 276 g/mol. The Kier molecular flexibility index (Phi) is 5.73. The van der Waals surface area contributed by atoms with Crippen LogP contribution < -0.4 is 5.73 Å². The number of hydrogen-bond acceptors (Lipinski definition) is 4. The van der Waals surface area contributed by atoms with Crippen LogP contribution in [0, 0.1) is 18.8 Å². The average molecular weight is 302 g/mol. The van der Waals surface area contributed by atoms with E-state index in [4.69, 9.17) is 5.73 Å². The summed E-state index contributed by atoms with van der Waals surface area (Å²) in [7, 11) is -3.56. The van der Waals surface area contributed by atoms with Crippen LogP contribution in [0.1, 0.15) is 39.1 Å². The molecule has 7 heteroatoms. The maximum atomic E-state index is 12.9. The third kappa shape index (κ3) is 3.80. The van der Waals surface area contributed by atoms with E-state index in [0.717, 1.165) is 0 Å². The van der Waals surface area contributed by atoms with Gasteiger partial charge in [-0.25, -0.2) is 8.42 Å². The second kappa shape index (κ2) is 6.69. The van der Waals surface area contributed by atoms with Crippen molar-refractivity contribution in [1.82, 2.24) is 14.5 Å². The van der Waals surface area contributed by atoms with E-state index in [1.54, 1.807) is 11.2 Å². The van der Waals surface area contributed by atoms with Gasteiger partial charge in [0, 0.05) is 19.6 Å². The van der Waals surface area contributed by atoms with Gasteiger partial charge in [0.2, 0.25) is 10.0 Å². The summed E-state index contributed by atoms with van der Waals surface area (Å²) < 4.78 is 27.3. The smallest absolute Gasteiger partial charge is 0.246 e. The van der Waals surface area contributed by atoms with Crippen LogP contribution in [0.2, 0.25) is 0 Å². The van der Waals surface area contributed by atoms with Crippen molar-refractivity contribution in [3.8, 4) is 0 Å². The number of aromatic amines is 1. The van der Waals surface area contributed by atoms with Crippen LogP contribution in [0.15, 0.2) is 4.90 Å². The highest BCUT2D eigenvalue weighted by atomic mass is 32.2. The lowest BCUT2D eigenvalue weighted by Gasteiger charge is -2.25. The van der Waals surface area contributed by atoms with Gasteiger partial charge in [-0.2, -0.15) is 9.40 Å². The number of hydrogen-bond donors (Lipinski definition) is 2. The van der Waals surface area contributed by atoms with E-state index in [0.29, 0.717) is 24.5 Å². The summed E-state index contributed by atoms with van der Waals surface area (Å²) in [6.45, 7) is 10.8. The Morgan fingerprint density at radius 2 is 1.70 bits per heavy atom. The van der Waals surface area contributed by atoms with Gasteiger partial charge in [-0.1, -0.05) is 27.7 Å². The molecular formula is C13H26N4O2S. The summed E-state index contributed by atoms with van der Waals surface area (Å²) in [4.78, 5) is 0.237. The molecule has 1 heterocycles. The summed E-state index contributed by atoms with van der Waals surface area (Å²) in [5.74, 6) is 0.522. The summed E-state index contributed by atoms with van der Waals surface area (Å²) in [5, 5.41) is 6.71. The molecule has 0 radical (unpaired) electrons. The van der Waals surface area contributed by atoms with Gasteiger partial charge < -0.3 is 5.73 Å². The molecule has 1 rings (SSSR count). The van der Waals surface area contributed by atoms with Crippen molar-refractivity contribution in [2.75, 3.05) is 13.1 Å². The fourth-order valence-electron chi connectivity index (χ4n) is 2.16. The number of aryl methyl sites for hydroxylation is 1. The standard InChI is InChI=1S/C13H26N4O2S/c1-9(2)7-17(8-10(3)4)20(18,19)13-11(5)15-16-12(13)6-14/h9-10H,6-8,14H2,1-5H3,(H,15,16). The number of aromatic nitrogens is 2. The molecule has 0 aliphatic carbocycles. The highest BCUT2D eigenvalue weighted by molar-refractivity contribution is 7.89. The molecule has 0 fully saturated rings. The fraction of sp³-hybridized carbons (Fsp3) is 0.769. The second-order valence-corrected chi connectivity index (χ2v) is 7.81. The number of H-pyrrole nitrogens is 1. The fourth-order valence-corrected chi connectivity index (χ4v) is 4.27. The summed E-state index contributed by atoms with van der Waals surface area (Å²) >= 11 is 0. The van der Waals surface area contributed by atoms with E-state index in [1.165, 1.54) is 0 Å². The van der Waals surface area contributed by atoms with E-state index in [9.17, 15) is 8.42 Å². The second-order valence-electron chi connectivity index (χ2n) is 5.94. The zero-order valence-corrected chi connectivity index (χ0v) is 13.8. The van der Waals surface area contributed by atoms with Crippen molar-refractivity contribution in [3.63, 3.8) is 0 Å². The van der Waals surface area contributed by atoms with Gasteiger partial charge in [-0.15, -0.1) is 0 Å². The van der Waals surface area contributed by atoms with E-state index in [2.05, 4.69) is 10.2 Å². The average Bonchev–Trinajstić information content (AvgIpc) is 2.68. The topological polar surface area (TPSA) is 92.1 Å². The molecule has 116 valence electrons. The van der Waals surface area contributed by atoms with E-state index < -0.39 is 10.0 Å². The lowest BCUT2D eigenvalue weighted by molar-refractivity contribution is 0.333. The molecule has 1 aromatic heterocycles. The molecule has 0 aliphatic heterocycles. The number of nitrogens with zero attached hydrogens (tertiary/aromatic N) is 2. The Bertz CT molecular complexity index is 525. The molecule has 0 saturated heterocycles. The third-order valence-electron chi connectivity index (χ3n) is 2.89. The molecule has 3 N–H and O–H groups in total. The zero-order valence-electron chi connectivity index (χ0n) is 13.0. The zero-order chi connectivity index (χ0) is 15.5. The SMILES string of the molecule is Cc1[nH]nc(CN)c1S(=O)(=O)N(CC(C)C)CC(C)C. The van der Waals surface area contributed by atoms with Gasteiger partial charge in [0.1, 0.15) is 4.90 Å². The summed E-state index contributed by atoms with van der Waals surface area (Å²) in [5.41, 5.74) is 6.55. The molecule has 0 aromatic carbocycles. The quantitative estimate of drug-likeness (QED) is 0.798. The number of nitrogens with one attached hydrogen (secondary N) is 1. The largest absolute Gasteiger partial charge is 0.325 e. The van der Waals surface area contributed by atoms with Gasteiger partial charge in [0.25, 0.3) is 0 Å². The summed E-state index contributed by atoms with van der Waals surface area (Å²) in [6, 6.07) is 0. The van der Waals surface area contributed by atoms with Crippen LogP contribution in [0.4, 0.5) is 0 Å². The normalized spacial score (nSPS) is 12.8. The Morgan fingerprint density at radius 1 is 1.20 bits per heavy atom. The van der Waals surface area contributed by atoms with Gasteiger partial charge in [0.05, 0.1) is 11.4 Å². The molecule has 6 nitrogen and oxygen atoms in total. The van der Waals surface area contributed by atoms with Gasteiger partial charge >= 0.3 is 0 Å². The predicted octanol–water partition coefficient (Wildman–Crippen LogP) is 1.48. The first-order valence-corrected chi connectivity index (χ1v) is 8.38. The van der Waals surface area contributed by atoms with Crippen LogP contribution in [-0.2, 0) is 16.6 Å². The number of rotatable bonds is 7. The maximum Gasteiger partial charge on any atom is 0.246 e. The van der Waals surface area contributed by atoms with Gasteiger partial charge in [-0.3, -0.25) is 5.10 Å². The lowest BCUT2D eigenvalue weighted by Crippen LogP contribution is -2.37. The Labute approximate surface area is 121 Å². The highest BCUT2D eigenvalue weighted by Gasteiger charge is 2.31. The van der Waals surface area contributed by atoms with Crippen LogP contribution in [0.3, 0.4) is 0 Å². The third-order valence-corrected chi connectivity index (χ3v) is 4.93. The molecule has 0 unspecified atom stereocenters. The summed E-state index contributed by atoms with van der Waals surface area (Å²) in [6.07, 6.45) is 0. The van der Waals surface area contributed by atoms with E-state index in [-0.39, 0.29) is 23.3 Å². The highest BCUT2D eigenvalue weighted by Crippen LogP contribution is 2.23. The molecule has 1 aromatic rings. The number of sulfonamides is 1. The molecule has 0 amide bonds. The molecule has 0 bridgehead atoms. The first-order chi connectivity index (χ1) is 9.20. The van der Waals surface area contributed by atoms with E-state index in [1.807, 2.05) is 27.7 Å². The van der Waals surface area contributed by atoms with Crippen molar-refractivity contribution in [1.29, 1.82) is 0 Å². The Morgan fingerprint density at radius 3 is 2.10 bits per heavy atom. The van der Waals surface area contributed by atoms with Gasteiger partial charge in [0.15, 0.2) is 0 Å². The monoisotopic (exact) mass is 302 g/mol. The maximum absolute atomic E-state index is 12.9. The Balaban J connectivity index is 3.24. The van der Waals surface area contributed by atoms with Gasteiger partial charge in [-0.05, 0) is 18.8 Å². The molecule has 20 heavy (non-hydrogen) atoms. The van der Waals surface area contributed by atoms with Crippen molar-refractivity contribution in [3.05, 3.63) is 11.4 Å². The van der Waals surface area contributed by atoms with Crippen LogP contribution in [0.25, 0.3) is 0 Å². The predicted molar refractivity (Wildman–Crippen MR) is 79.7 cm³/mol. The van der Waals surface area contributed by atoms with Crippen molar-refractivity contribution >= 4 is 10.0 Å².